The Hall–Kier alpha value is -1.89. The number of hydrogen-bond acceptors (Lipinski definition) is 6. The molecule has 1 aliphatic rings. The van der Waals surface area contributed by atoms with Gasteiger partial charge in [-0.2, -0.15) is 5.26 Å². The number of nitriles is 1. The standard InChI is InChI=1S/C16H24N4O4S/c1-10-12(3)24-16(14(10)8-17)18-15(21)11(2)20-7-5-6-13(9-20)19-25(4,22)23/h11,13,19H,5-7,9H2,1-4H3,(H,18,21). The summed E-state index contributed by atoms with van der Waals surface area (Å²) in [4.78, 5) is 14.5. The van der Waals surface area contributed by atoms with E-state index in [1.54, 1.807) is 20.8 Å². The molecule has 0 aliphatic carbocycles. The maximum Gasteiger partial charge on any atom is 0.243 e. The van der Waals surface area contributed by atoms with Crippen LogP contribution in [0.3, 0.4) is 0 Å². The summed E-state index contributed by atoms with van der Waals surface area (Å²) in [6, 6.07) is 1.36. The monoisotopic (exact) mass is 368 g/mol. The molecule has 138 valence electrons. The molecule has 0 aromatic carbocycles. The van der Waals surface area contributed by atoms with E-state index >= 15 is 0 Å². The van der Waals surface area contributed by atoms with Crippen molar-refractivity contribution in [3.63, 3.8) is 0 Å². The van der Waals surface area contributed by atoms with E-state index in [0.29, 0.717) is 30.0 Å². The average Bonchev–Trinajstić information content (AvgIpc) is 2.78. The van der Waals surface area contributed by atoms with Crippen molar-refractivity contribution in [2.45, 2.75) is 45.7 Å². The molecule has 2 heterocycles. The van der Waals surface area contributed by atoms with Gasteiger partial charge in [-0.15, -0.1) is 0 Å². The van der Waals surface area contributed by atoms with E-state index in [1.807, 2.05) is 11.0 Å². The van der Waals surface area contributed by atoms with E-state index in [0.717, 1.165) is 19.1 Å². The van der Waals surface area contributed by atoms with Gasteiger partial charge in [0.05, 0.1) is 12.3 Å². The molecule has 1 saturated heterocycles. The van der Waals surface area contributed by atoms with Crippen LogP contribution in [0.1, 0.15) is 36.7 Å². The Bertz CT molecular complexity index is 794. The molecule has 0 radical (unpaired) electrons. The van der Waals surface area contributed by atoms with Crippen molar-refractivity contribution in [3.05, 3.63) is 16.9 Å². The number of amides is 1. The van der Waals surface area contributed by atoms with Crippen LogP contribution in [0.5, 0.6) is 0 Å². The first-order chi connectivity index (χ1) is 11.6. The van der Waals surface area contributed by atoms with Crippen molar-refractivity contribution in [2.24, 2.45) is 0 Å². The summed E-state index contributed by atoms with van der Waals surface area (Å²) in [6.45, 7) is 6.43. The van der Waals surface area contributed by atoms with Gasteiger partial charge in [0.2, 0.25) is 21.8 Å². The third-order valence-electron chi connectivity index (χ3n) is 4.49. The first-order valence-corrected chi connectivity index (χ1v) is 10.0. The van der Waals surface area contributed by atoms with Crippen LogP contribution in [0.4, 0.5) is 5.88 Å². The molecule has 2 N–H and O–H groups in total. The number of nitrogens with zero attached hydrogens (tertiary/aromatic N) is 2. The van der Waals surface area contributed by atoms with Crippen molar-refractivity contribution in [1.29, 1.82) is 5.26 Å². The van der Waals surface area contributed by atoms with E-state index < -0.39 is 16.1 Å². The average molecular weight is 368 g/mol. The molecule has 0 saturated carbocycles. The summed E-state index contributed by atoms with van der Waals surface area (Å²) in [5.41, 5.74) is 1.04. The van der Waals surface area contributed by atoms with E-state index in [2.05, 4.69) is 10.0 Å². The van der Waals surface area contributed by atoms with Crippen LogP contribution in [0.25, 0.3) is 0 Å². The largest absolute Gasteiger partial charge is 0.444 e. The van der Waals surface area contributed by atoms with E-state index in [4.69, 9.17) is 4.42 Å². The zero-order valence-electron chi connectivity index (χ0n) is 14.9. The highest BCUT2D eigenvalue weighted by Crippen LogP contribution is 2.26. The smallest absolute Gasteiger partial charge is 0.243 e. The number of anilines is 1. The molecule has 1 fully saturated rings. The van der Waals surface area contributed by atoms with Crippen LogP contribution in [-0.4, -0.2) is 50.7 Å². The molecule has 25 heavy (non-hydrogen) atoms. The zero-order valence-corrected chi connectivity index (χ0v) is 15.7. The van der Waals surface area contributed by atoms with Crippen LogP contribution < -0.4 is 10.0 Å². The molecule has 8 nitrogen and oxygen atoms in total. The Balaban J connectivity index is 2.05. The van der Waals surface area contributed by atoms with Crippen LogP contribution >= 0.6 is 0 Å². The number of rotatable bonds is 5. The molecular weight excluding hydrogens is 344 g/mol. The third kappa shape index (κ3) is 4.81. The van der Waals surface area contributed by atoms with Crippen molar-refractivity contribution >= 4 is 21.8 Å². The Morgan fingerprint density at radius 2 is 2.12 bits per heavy atom. The van der Waals surface area contributed by atoms with Gasteiger partial charge in [-0.05, 0) is 40.2 Å². The van der Waals surface area contributed by atoms with Gasteiger partial charge in [-0.1, -0.05) is 0 Å². The lowest BCUT2D eigenvalue weighted by Crippen LogP contribution is -2.52. The van der Waals surface area contributed by atoms with Crippen LogP contribution in [-0.2, 0) is 14.8 Å². The molecular formula is C16H24N4O4S. The maximum atomic E-state index is 12.5. The fourth-order valence-corrected chi connectivity index (χ4v) is 3.79. The SMILES string of the molecule is Cc1oc(NC(=O)C(C)N2CCCC(NS(C)(=O)=O)C2)c(C#N)c1C. The van der Waals surface area contributed by atoms with Crippen molar-refractivity contribution < 1.29 is 17.6 Å². The fraction of sp³-hybridized carbons (Fsp3) is 0.625. The Morgan fingerprint density at radius 1 is 1.44 bits per heavy atom. The highest BCUT2D eigenvalue weighted by molar-refractivity contribution is 7.88. The Morgan fingerprint density at radius 3 is 2.72 bits per heavy atom. The minimum absolute atomic E-state index is 0.164. The predicted octanol–water partition coefficient (Wildman–Crippen LogP) is 1.11. The minimum atomic E-state index is -3.28. The quantitative estimate of drug-likeness (QED) is 0.804. The first kappa shape index (κ1) is 19.4. The molecule has 1 aliphatic heterocycles. The highest BCUT2D eigenvalue weighted by Gasteiger charge is 2.29. The lowest BCUT2D eigenvalue weighted by molar-refractivity contribution is -0.121. The molecule has 1 aromatic rings. The molecule has 0 bridgehead atoms. The van der Waals surface area contributed by atoms with Gasteiger partial charge in [0.15, 0.2) is 0 Å². The number of aryl methyl sites for hydroxylation is 1. The number of likely N-dealkylation sites (tertiary alicyclic amines) is 1. The Labute approximate surface area is 148 Å². The molecule has 1 amide bonds. The van der Waals surface area contributed by atoms with E-state index in [-0.39, 0.29) is 17.8 Å². The normalized spacial score (nSPS) is 20.0. The number of furan rings is 1. The second-order valence-corrected chi connectivity index (χ2v) is 8.27. The summed E-state index contributed by atoms with van der Waals surface area (Å²) >= 11 is 0. The van der Waals surface area contributed by atoms with Gasteiger partial charge in [0.25, 0.3) is 0 Å². The van der Waals surface area contributed by atoms with Gasteiger partial charge in [-0.25, -0.2) is 13.1 Å². The summed E-state index contributed by atoms with van der Waals surface area (Å²) in [7, 11) is -3.28. The number of sulfonamides is 1. The van der Waals surface area contributed by atoms with Gasteiger partial charge in [0, 0.05) is 18.2 Å². The maximum absolute atomic E-state index is 12.5. The van der Waals surface area contributed by atoms with Crippen LogP contribution in [0.15, 0.2) is 4.42 Å². The fourth-order valence-electron chi connectivity index (χ4n) is 2.99. The molecule has 2 atom stereocenters. The molecule has 2 rings (SSSR count). The summed E-state index contributed by atoms with van der Waals surface area (Å²) in [5, 5.41) is 11.9. The second kappa shape index (κ2) is 7.56. The predicted molar refractivity (Wildman–Crippen MR) is 93.6 cm³/mol. The number of piperidine rings is 1. The first-order valence-electron chi connectivity index (χ1n) is 8.14. The lowest BCUT2D eigenvalue weighted by Gasteiger charge is -2.35. The number of carbonyl (C=O) groups is 1. The van der Waals surface area contributed by atoms with Gasteiger partial charge >= 0.3 is 0 Å². The van der Waals surface area contributed by atoms with Gasteiger partial charge in [-0.3, -0.25) is 15.0 Å². The van der Waals surface area contributed by atoms with Crippen molar-refractivity contribution in [1.82, 2.24) is 9.62 Å². The van der Waals surface area contributed by atoms with Crippen LogP contribution in [0, 0.1) is 25.2 Å². The van der Waals surface area contributed by atoms with Crippen molar-refractivity contribution in [3.8, 4) is 6.07 Å². The molecule has 2 unspecified atom stereocenters. The number of hydrogen-bond donors (Lipinski definition) is 2. The topological polar surface area (TPSA) is 115 Å². The molecule has 9 heteroatoms. The Kier molecular flexibility index (Phi) is 5.87. The van der Waals surface area contributed by atoms with Crippen LogP contribution in [0.2, 0.25) is 0 Å². The highest BCUT2D eigenvalue weighted by atomic mass is 32.2. The molecule has 0 spiro atoms. The van der Waals surface area contributed by atoms with E-state index in [1.165, 1.54) is 0 Å². The van der Waals surface area contributed by atoms with Crippen molar-refractivity contribution in [2.75, 3.05) is 24.7 Å². The lowest BCUT2D eigenvalue weighted by atomic mass is 10.0. The minimum Gasteiger partial charge on any atom is -0.444 e. The van der Waals surface area contributed by atoms with E-state index in [9.17, 15) is 18.5 Å². The number of carbonyl (C=O) groups excluding carboxylic acids is 1. The van der Waals surface area contributed by atoms with Gasteiger partial charge < -0.3 is 4.42 Å². The third-order valence-corrected chi connectivity index (χ3v) is 5.26. The zero-order chi connectivity index (χ0) is 18.8. The second-order valence-electron chi connectivity index (χ2n) is 6.49. The molecule has 1 aromatic heterocycles. The summed E-state index contributed by atoms with van der Waals surface area (Å²) in [5.74, 6) is 0.470. The number of nitrogens with one attached hydrogen (secondary N) is 2. The van der Waals surface area contributed by atoms with Gasteiger partial charge in [0.1, 0.15) is 17.4 Å². The summed E-state index contributed by atoms with van der Waals surface area (Å²) in [6.07, 6.45) is 2.67. The summed E-state index contributed by atoms with van der Waals surface area (Å²) < 4.78 is 30.9.